The molecule has 1 heterocycles. The van der Waals surface area contributed by atoms with E-state index < -0.39 is 17.7 Å². The number of amidine groups is 1. The Morgan fingerprint density at radius 2 is 2.00 bits per heavy atom. The third-order valence-corrected chi connectivity index (χ3v) is 2.27. The van der Waals surface area contributed by atoms with Crippen LogP contribution in [-0.4, -0.2) is 41.0 Å². The monoisotopic (exact) mass is 257 g/mol. The number of amides is 1. The lowest BCUT2D eigenvalue weighted by Crippen LogP contribution is -2.58. The Balaban J connectivity index is 2.57. The van der Waals surface area contributed by atoms with Crippen LogP contribution in [0.4, 0.5) is 4.79 Å². The fourth-order valence-corrected chi connectivity index (χ4v) is 1.41. The predicted molar refractivity (Wildman–Crippen MR) is 64.7 cm³/mol. The summed E-state index contributed by atoms with van der Waals surface area (Å²) in [5.41, 5.74) is 5.09. The van der Waals surface area contributed by atoms with Crippen molar-refractivity contribution in [3.8, 4) is 0 Å². The molecule has 0 aromatic carbocycles. The van der Waals surface area contributed by atoms with Gasteiger partial charge in [-0.15, -0.1) is 0 Å². The predicted octanol–water partition coefficient (Wildman–Crippen LogP) is 0.831. The Morgan fingerprint density at radius 3 is 2.39 bits per heavy atom. The van der Waals surface area contributed by atoms with E-state index in [1.807, 2.05) is 0 Å². The summed E-state index contributed by atoms with van der Waals surface area (Å²) in [7, 11) is 0. The zero-order valence-corrected chi connectivity index (χ0v) is 11.1. The quantitative estimate of drug-likeness (QED) is 0.342. The van der Waals surface area contributed by atoms with Gasteiger partial charge in [0, 0.05) is 13.5 Å². The van der Waals surface area contributed by atoms with Crippen LogP contribution in [0.25, 0.3) is 0 Å². The van der Waals surface area contributed by atoms with E-state index in [9.17, 15) is 9.59 Å². The van der Waals surface area contributed by atoms with Crippen LogP contribution in [0, 0.1) is 0 Å². The fourth-order valence-electron chi connectivity index (χ4n) is 1.41. The summed E-state index contributed by atoms with van der Waals surface area (Å²) < 4.78 is 5.22. The number of hydrogen-bond acceptors (Lipinski definition) is 5. The van der Waals surface area contributed by atoms with Crippen LogP contribution < -0.4 is 5.73 Å². The molecule has 1 amide bonds. The highest BCUT2D eigenvalue weighted by Crippen LogP contribution is 2.21. The number of oxime groups is 1. The minimum atomic E-state index is -0.557. The summed E-state index contributed by atoms with van der Waals surface area (Å²) in [4.78, 5) is 28.3. The lowest BCUT2D eigenvalue weighted by molar-refractivity contribution is -0.141. The first kappa shape index (κ1) is 14.3. The molecule has 1 saturated heterocycles. The zero-order valence-electron chi connectivity index (χ0n) is 11.1. The van der Waals surface area contributed by atoms with E-state index in [2.05, 4.69) is 9.99 Å². The number of carbonyl (C=O) groups excluding carboxylic acids is 2. The molecule has 7 nitrogen and oxygen atoms in total. The molecule has 0 unspecified atom stereocenters. The van der Waals surface area contributed by atoms with Gasteiger partial charge in [0.1, 0.15) is 5.60 Å². The molecule has 0 aromatic rings. The number of nitrogens with two attached hydrogens (primary N) is 1. The molecule has 1 aliphatic heterocycles. The minimum Gasteiger partial charge on any atom is -0.444 e. The fraction of sp³-hybridized carbons (Fsp3) is 0.727. The van der Waals surface area contributed by atoms with Crippen LogP contribution >= 0.6 is 0 Å². The van der Waals surface area contributed by atoms with Gasteiger partial charge in [-0.05, 0) is 27.2 Å². The first-order valence-corrected chi connectivity index (χ1v) is 5.71. The summed E-state index contributed by atoms with van der Waals surface area (Å²) in [5, 5.41) is 3.47. The van der Waals surface area contributed by atoms with Crippen molar-refractivity contribution in [3.63, 3.8) is 0 Å². The molecule has 1 rings (SSSR count). The summed E-state index contributed by atoms with van der Waals surface area (Å²) in [5.74, 6) is -0.455. The summed E-state index contributed by atoms with van der Waals surface area (Å²) in [6.07, 6.45) is 0.232. The van der Waals surface area contributed by atoms with Gasteiger partial charge in [-0.2, -0.15) is 0 Å². The minimum absolute atomic E-state index is 0.0994. The molecule has 0 radical (unpaired) electrons. The molecule has 0 spiro atoms. The number of carbonyl (C=O) groups is 2. The second-order valence-corrected chi connectivity index (χ2v) is 5.08. The van der Waals surface area contributed by atoms with Gasteiger partial charge in [0.25, 0.3) is 0 Å². The molecule has 1 fully saturated rings. The second-order valence-electron chi connectivity index (χ2n) is 5.08. The normalized spacial score (nSPS) is 20.1. The highest BCUT2D eigenvalue weighted by molar-refractivity contribution is 5.90. The van der Waals surface area contributed by atoms with Crippen molar-refractivity contribution >= 4 is 17.9 Å². The molecule has 2 N–H and O–H groups in total. The number of rotatable bonds is 2. The average Bonchev–Trinajstić information content (AvgIpc) is 2.09. The maximum Gasteiger partial charge on any atom is 0.410 e. The molecule has 1 aliphatic rings. The Kier molecular flexibility index (Phi) is 4.15. The van der Waals surface area contributed by atoms with Crippen molar-refractivity contribution in [3.05, 3.63) is 0 Å². The second kappa shape index (κ2) is 5.24. The van der Waals surface area contributed by atoms with Crippen molar-refractivity contribution in [1.29, 1.82) is 0 Å². The Bertz CT molecular complexity index is 373. The van der Waals surface area contributed by atoms with Gasteiger partial charge in [0.15, 0.2) is 5.84 Å². The zero-order chi connectivity index (χ0) is 13.9. The number of hydrogen-bond donors (Lipinski definition) is 1. The molecular weight excluding hydrogens is 238 g/mol. The van der Waals surface area contributed by atoms with Crippen molar-refractivity contribution in [2.45, 2.75) is 45.8 Å². The van der Waals surface area contributed by atoms with Crippen molar-refractivity contribution in [2.24, 2.45) is 10.9 Å². The van der Waals surface area contributed by atoms with E-state index in [1.165, 1.54) is 11.8 Å². The molecule has 102 valence electrons. The first-order valence-electron chi connectivity index (χ1n) is 5.71. The van der Waals surface area contributed by atoms with Gasteiger partial charge >= 0.3 is 12.1 Å². The maximum atomic E-state index is 11.8. The van der Waals surface area contributed by atoms with E-state index in [1.54, 1.807) is 20.8 Å². The largest absolute Gasteiger partial charge is 0.444 e. The maximum absolute atomic E-state index is 11.8. The Morgan fingerprint density at radius 1 is 1.39 bits per heavy atom. The smallest absolute Gasteiger partial charge is 0.410 e. The van der Waals surface area contributed by atoms with Gasteiger partial charge < -0.3 is 15.3 Å². The summed E-state index contributed by atoms with van der Waals surface area (Å²) in [6, 6.07) is -0.362. The molecule has 18 heavy (non-hydrogen) atoms. The summed E-state index contributed by atoms with van der Waals surface area (Å²) in [6.45, 7) is 7.14. The van der Waals surface area contributed by atoms with Crippen molar-refractivity contribution in [1.82, 2.24) is 4.90 Å². The van der Waals surface area contributed by atoms with Gasteiger partial charge in [0.05, 0.1) is 6.04 Å². The molecule has 0 bridgehead atoms. The molecule has 0 aliphatic carbocycles. The first-order chi connectivity index (χ1) is 8.20. The van der Waals surface area contributed by atoms with Gasteiger partial charge in [-0.3, -0.25) is 4.90 Å². The van der Waals surface area contributed by atoms with Crippen LogP contribution in [0.15, 0.2) is 5.16 Å². The molecule has 0 saturated carbocycles. The standard InChI is InChI=1S/C11H19N3O4/c1-7(15)18-13-9(12)8-5-6-14(8)10(16)17-11(2,3)4/h8H,5-6H2,1-4H3,(H2,12,13)/t8-/m0/s1. The van der Waals surface area contributed by atoms with Crippen LogP contribution in [-0.2, 0) is 14.4 Å². The lowest BCUT2D eigenvalue weighted by Gasteiger charge is -2.40. The van der Waals surface area contributed by atoms with E-state index in [0.717, 1.165) is 0 Å². The summed E-state index contributed by atoms with van der Waals surface area (Å²) >= 11 is 0. The van der Waals surface area contributed by atoms with Gasteiger partial charge in [0.2, 0.25) is 0 Å². The van der Waals surface area contributed by atoms with Crippen LogP contribution in [0.1, 0.15) is 34.1 Å². The highest BCUT2D eigenvalue weighted by atomic mass is 16.7. The topological polar surface area (TPSA) is 94.2 Å². The third kappa shape index (κ3) is 3.90. The molecule has 1 atom stereocenters. The molecule has 0 aromatic heterocycles. The SMILES string of the molecule is CC(=O)ON=C(N)[C@@H]1CCN1C(=O)OC(C)(C)C. The van der Waals surface area contributed by atoms with Crippen LogP contribution in [0.2, 0.25) is 0 Å². The Hall–Kier alpha value is -1.79. The van der Waals surface area contributed by atoms with E-state index in [-0.39, 0.29) is 11.9 Å². The lowest BCUT2D eigenvalue weighted by atomic mass is 10.0. The van der Waals surface area contributed by atoms with Crippen molar-refractivity contribution in [2.75, 3.05) is 6.54 Å². The number of ether oxygens (including phenoxy) is 1. The molecule has 7 heteroatoms. The van der Waals surface area contributed by atoms with E-state index in [4.69, 9.17) is 10.5 Å². The average molecular weight is 257 g/mol. The van der Waals surface area contributed by atoms with Gasteiger partial charge in [-0.1, -0.05) is 5.16 Å². The molecular formula is C11H19N3O4. The van der Waals surface area contributed by atoms with Gasteiger partial charge in [-0.25, -0.2) is 9.59 Å². The Labute approximate surface area is 106 Å². The third-order valence-electron chi connectivity index (χ3n) is 2.27. The van der Waals surface area contributed by atoms with Crippen LogP contribution in [0.3, 0.4) is 0 Å². The highest BCUT2D eigenvalue weighted by Gasteiger charge is 2.38. The van der Waals surface area contributed by atoms with E-state index in [0.29, 0.717) is 13.0 Å². The number of nitrogens with zero attached hydrogens (tertiary/aromatic N) is 2. The van der Waals surface area contributed by atoms with Crippen molar-refractivity contribution < 1.29 is 19.2 Å². The van der Waals surface area contributed by atoms with E-state index >= 15 is 0 Å². The number of likely N-dealkylation sites (tertiary alicyclic amines) is 1. The van der Waals surface area contributed by atoms with Crippen LogP contribution in [0.5, 0.6) is 0 Å².